The molecule has 28 heavy (non-hydrogen) atoms. The summed E-state index contributed by atoms with van der Waals surface area (Å²) < 4.78 is 5.03. The van der Waals surface area contributed by atoms with E-state index in [4.69, 9.17) is 4.52 Å². The summed E-state index contributed by atoms with van der Waals surface area (Å²) in [6.07, 6.45) is 1.58. The van der Waals surface area contributed by atoms with E-state index >= 15 is 0 Å². The van der Waals surface area contributed by atoms with Crippen LogP contribution in [0.25, 0.3) is 0 Å². The highest BCUT2D eigenvalue weighted by atomic mass is 32.1. The van der Waals surface area contributed by atoms with E-state index in [-0.39, 0.29) is 11.6 Å². The fourth-order valence-electron chi connectivity index (χ4n) is 3.69. The van der Waals surface area contributed by atoms with E-state index in [0.717, 1.165) is 17.1 Å². The SMILES string of the molecule is Cc1cc(C(=O)N[C@]2(c3ccccc3)CCN(Cc3nccs3)C[C@H]2O)no1. The van der Waals surface area contributed by atoms with Crippen molar-refractivity contribution < 1.29 is 14.4 Å². The maximum atomic E-state index is 12.8. The van der Waals surface area contributed by atoms with Gasteiger partial charge in [-0.05, 0) is 18.9 Å². The molecule has 0 spiro atoms. The van der Waals surface area contributed by atoms with Crippen LogP contribution in [0.2, 0.25) is 0 Å². The number of nitrogens with one attached hydrogen (secondary N) is 1. The minimum absolute atomic E-state index is 0.213. The Morgan fingerprint density at radius 3 is 2.89 bits per heavy atom. The lowest BCUT2D eigenvalue weighted by Gasteiger charge is -2.46. The second-order valence-corrected chi connectivity index (χ2v) is 8.02. The summed E-state index contributed by atoms with van der Waals surface area (Å²) in [6, 6.07) is 11.2. The highest BCUT2D eigenvalue weighted by molar-refractivity contribution is 7.09. The number of aryl methyl sites for hydroxylation is 1. The van der Waals surface area contributed by atoms with Gasteiger partial charge in [0.15, 0.2) is 5.69 Å². The molecule has 1 amide bonds. The van der Waals surface area contributed by atoms with E-state index in [0.29, 0.717) is 25.3 Å². The third-order valence-electron chi connectivity index (χ3n) is 5.15. The number of piperidine rings is 1. The quantitative estimate of drug-likeness (QED) is 0.685. The van der Waals surface area contributed by atoms with Crippen molar-refractivity contribution in [3.63, 3.8) is 0 Å². The van der Waals surface area contributed by atoms with Crippen LogP contribution in [0.4, 0.5) is 0 Å². The van der Waals surface area contributed by atoms with Gasteiger partial charge in [-0.1, -0.05) is 35.5 Å². The van der Waals surface area contributed by atoms with E-state index in [1.54, 1.807) is 30.5 Å². The number of aliphatic hydroxyl groups is 1. The molecule has 1 aliphatic heterocycles. The minimum Gasteiger partial charge on any atom is -0.389 e. The number of hydrogen-bond acceptors (Lipinski definition) is 7. The van der Waals surface area contributed by atoms with E-state index in [9.17, 15) is 9.90 Å². The number of likely N-dealkylation sites (tertiary alicyclic amines) is 1. The van der Waals surface area contributed by atoms with E-state index < -0.39 is 11.6 Å². The van der Waals surface area contributed by atoms with Gasteiger partial charge >= 0.3 is 0 Å². The lowest BCUT2D eigenvalue weighted by molar-refractivity contribution is -0.0182. The van der Waals surface area contributed by atoms with Crippen LogP contribution >= 0.6 is 11.3 Å². The van der Waals surface area contributed by atoms with Gasteiger partial charge in [0, 0.05) is 30.7 Å². The topological polar surface area (TPSA) is 91.5 Å². The number of hydrogen-bond donors (Lipinski definition) is 2. The Morgan fingerprint density at radius 1 is 1.43 bits per heavy atom. The minimum atomic E-state index is -0.884. The van der Waals surface area contributed by atoms with Crippen molar-refractivity contribution in [2.75, 3.05) is 13.1 Å². The molecule has 0 radical (unpaired) electrons. The lowest BCUT2D eigenvalue weighted by atomic mass is 9.78. The smallest absolute Gasteiger partial charge is 0.274 e. The van der Waals surface area contributed by atoms with E-state index in [2.05, 4.69) is 20.4 Å². The van der Waals surface area contributed by atoms with Gasteiger partial charge in [0.2, 0.25) is 0 Å². The monoisotopic (exact) mass is 398 g/mol. The molecule has 2 N–H and O–H groups in total. The molecule has 1 fully saturated rings. The number of amides is 1. The number of carbonyl (C=O) groups is 1. The average Bonchev–Trinajstić information content (AvgIpc) is 3.36. The molecular formula is C20H22N4O3S. The molecule has 0 unspecified atom stereocenters. The number of nitrogens with zero attached hydrogens (tertiary/aromatic N) is 3. The Balaban J connectivity index is 1.58. The van der Waals surface area contributed by atoms with Crippen molar-refractivity contribution in [2.24, 2.45) is 0 Å². The Hall–Kier alpha value is -2.55. The Morgan fingerprint density at radius 2 is 2.25 bits per heavy atom. The van der Waals surface area contributed by atoms with Gasteiger partial charge < -0.3 is 14.9 Å². The molecule has 8 heteroatoms. The second-order valence-electron chi connectivity index (χ2n) is 7.04. The molecule has 3 heterocycles. The van der Waals surface area contributed by atoms with Crippen molar-refractivity contribution in [1.29, 1.82) is 0 Å². The zero-order valence-corrected chi connectivity index (χ0v) is 16.4. The standard InChI is InChI=1S/C20H22N4O3S/c1-14-11-16(23-27-14)19(26)22-20(15-5-3-2-4-6-15)7-9-24(12-17(20)25)13-18-21-8-10-28-18/h2-6,8,10-11,17,25H,7,9,12-13H2,1H3,(H,22,26)/t17-,20+/m1/s1. The molecule has 2 aromatic heterocycles. The zero-order valence-electron chi connectivity index (χ0n) is 15.5. The van der Waals surface area contributed by atoms with Crippen LogP contribution in [0.3, 0.4) is 0 Å². The first-order chi connectivity index (χ1) is 13.6. The first-order valence-corrected chi connectivity index (χ1v) is 10.0. The van der Waals surface area contributed by atoms with Gasteiger partial charge in [-0.25, -0.2) is 4.98 Å². The number of aliphatic hydroxyl groups excluding tert-OH is 1. The van der Waals surface area contributed by atoms with Crippen LogP contribution in [0, 0.1) is 6.92 Å². The first kappa shape index (κ1) is 18.8. The molecular weight excluding hydrogens is 376 g/mol. The normalized spacial score (nSPS) is 22.9. The summed E-state index contributed by atoms with van der Waals surface area (Å²) in [5, 5.41) is 21.0. The number of β-amino-alcohol motifs (C(OH)–C–C–N with tert-alkyl or cyclic N) is 1. The Labute approximate surface area is 167 Å². The maximum Gasteiger partial charge on any atom is 0.274 e. The highest BCUT2D eigenvalue weighted by Gasteiger charge is 2.45. The molecule has 3 aromatic rings. The van der Waals surface area contributed by atoms with Crippen LogP contribution < -0.4 is 5.32 Å². The number of carbonyl (C=O) groups excluding carboxylic acids is 1. The molecule has 0 bridgehead atoms. The molecule has 4 rings (SSSR count). The van der Waals surface area contributed by atoms with Gasteiger partial charge in [0.25, 0.3) is 5.91 Å². The molecule has 146 valence electrons. The van der Waals surface area contributed by atoms with Gasteiger partial charge in [-0.2, -0.15) is 0 Å². The predicted octanol–water partition coefficient (Wildman–Crippen LogP) is 2.33. The van der Waals surface area contributed by atoms with Crippen molar-refractivity contribution >= 4 is 17.2 Å². The van der Waals surface area contributed by atoms with Gasteiger partial charge in [-0.3, -0.25) is 9.69 Å². The fourth-order valence-corrected chi connectivity index (χ4v) is 4.35. The van der Waals surface area contributed by atoms with Crippen LogP contribution in [0.15, 0.2) is 52.5 Å². The molecule has 1 saturated heterocycles. The van der Waals surface area contributed by atoms with E-state index in [1.165, 1.54) is 0 Å². The second kappa shape index (κ2) is 7.83. The Kier molecular flexibility index (Phi) is 5.25. The average molecular weight is 398 g/mol. The largest absolute Gasteiger partial charge is 0.389 e. The van der Waals surface area contributed by atoms with Crippen LogP contribution in [0.5, 0.6) is 0 Å². The number of aromatic nitrogens is 2. The van der Waals surface area contributed by atoms with Crippen molar-refractivity contribution in [3.05, 3.63) is 70.0 Å². The lowest BCUT2D eigenvalue weighted by Crippen LogP contribution is -2.61. The van der Waals surface area contributed by atoms with Gasteiger partial charge in [0.1, 0.15) is 10.8 Å². The predicted molar refractivity (Wildman–Crippen MR) is 105 cm³/mol. The van der Waals surface area contributed by atoms with Crippen molar-refractivity contribution in [1.82, 2.24) is 20.4 Å². The molecule has 0 saturated carbocycles. The molecule has 2 atom stereocenters. The van der Waals surface area contributed by atoms with Crippen molar-refractivity contribution in [3.8, 4) is 0 Å². The number of rotatable bonds is 5. The van der Waals surface area contributed by atoms with Crippen LogP contribution in [-0.4, -0.2) is 45.2 Å². The number of benzene rings is 1. The zero-order chi connectivity index (χ0) is 19.6. The summed E-state index contributed by atoms with van der Waals surface area (Å²) >= 11 is 1.60. The molecule has 7 nitrogen and oxygen atoms in total. The molecule has 1 aliphatic rings. The van der Waals surface area contributed by atoms with Gasteiger partial charge in [0.05, 0.1) is 18.2 Å². The van der Waals surface area contributed by atoms with Crippen LogP contribution in [0.1, 0.15) is 33.2 Å². The van der Waals surface area contributed by atoms with Gasteiger partial charge in [-0.15, -0.1) is 11.3 Å². The first-order valence-electron chi connectivity index (χ1n) is 9.17. The summed E-state index contributed by atoms with van der Waals surface area (Å²) in [6.45, 7) is 3.59. The third kappa shape index (κ3) is 3.71. The summed E-state index contributed by atoms with van der Waals surface area (Å²) in [7, 11) is 0. The highest BCUT2D eigenvalue weighted by Crippen LogP contribution is 2.34. The third-order valence-corrected chi connectivity index (χ3v) is 5.92. The molecule has 0 aliphatic carbocycles. The maximum absolute atomic E-state index is 12.8. The summed E-state index contributed by atoms with van der Waals surface area (Å²) in [4.78, 5) is 19.3. The van der Waals surface area contributed by atoms with Crippen LogP contribution in [-0.2, 0) is 12.1 Å². The number of thiazole rings is 1. The Bertz CT molecular complexity index is 928. The summed E-state index contributed by atoms with van der Waals surface area (Å²) in [5.41, 5.74) is 0.208. The fraction of sp³-hybridized carbons (Fsp3) is 0.350. The van der Waals surface area contributed by atoms with Crippen molar-refractivity contribution in [2.45, 2.75) is 31.5 Å². The molecule has 1 aromatic carbocycles. The summed E-state index contributed by atoms with van der Waals surface area (Å²) in [5.74, 6) is 0.214. The van der Waals surface area contributed by atoms with E-state index in [1.807, 2.05) is 35.7 Å².